The SMILES string of the molecule is C=C[Si](C=C)(C=C)CCC[Si](C)(C)CO. The first kappa shape index (κ1) is 14.6. The minimum Gasteiger partial charge on any atom is -0.400 e. The maximum atomic E-state index is 9.21. The molecule has 0 aliphatic heterocycles. The summed E-state index contributed by atoms with van der Waals surface area (Å²) in [6.45, 7) is 16.1. The van der Waals surface area contributed by atoms with Crippen LogP contribution in [-0.2, 0) is 0 Å². The normalized spacial score (nSPS) is 12.2. The van der Waals surface area contributed by atoms with Crippen molar-refractivity contribution in [2.24, 2.45) is 0 Å². The van der Waals surface area contributed by atoms with E-state index in [0.29, 0.717) is 6.23 Å². The molecule has 0 aliphatic rings. The van der Waals surface area contributed by atoms with Gasteiger partial charge in [-0.05, 0) is 6.04 Å². The van der Waals surface area contributed by atoms with Gasteiger partial charge in [-0.3, -0.25) is 0 Å². The molecule has 0 aromatic carbocycles. The van der Waals surface area contributed by atoms with Crippen molar-refractivity contribution in [2.45, 2.75) is 31.6 Å². The third-order valence-electron chi connectivity index (χ3n) is 3.03. The number of rotatable bonds is 8. The summed E-state index contributed by atoms with van der Waals surface area (Å²) in [6.07, 6.45) is 1.55. The van der Waals surface area contributed by atoms with Crippen LogP contribution in [0.4, 0.5) is 0 Å². The van der Waals surface area contributed by atoms with E-state index in [1.807, 2.05) is 17.1 Å². The van der Waals surface area contributed by atoms with Gasteiger partial charge in [-0.1, -0.05) is 42.7 Å². The van der Waals surface area contributed by atoms with Crippen LogP contribution >= 0.6 is 0 Å². The van der Waals surface area contributed by atoms with Crippen LogP contribution in [0.3, 0.4) is 0 Å². The van der Waals surface area contributed by atoms with Gasteiger partial charge in [0.1, 0.15) is 8.07 Å². The zero-order valence-electron chi connectivity index (χ0n) is 10.1. The van der Waals surface area contributed by atoms with E-state index in [2.05, 4.69) is 32.8 Å². The fourth-order valence-electron chi connectivity index (χ4n) is 1.51. The van der Waals surface area contributed by atoms with Crippen LogP contribution in [0.5, 0.6) is 0 Å². The predicted molar refractivity (Wildman–Crippen MR) is 75.1 cm³/mol. The van der Waals surface area contributed by atoms with Crippen molar-refractivity contribution in [3.05, 3.63) is 36.8 Å². The van der Waals surface area contributed by atoms with Gasteiger partial charge in [0.05, 0.1) is 8.07 Å². The summed E-state index contributed by atoms with van der Waals surface area (Å²) in [5.74, 6) is 0. The molecule has 0 atom stereocenters. The Morgan fingerprint density at radius 2 is 1.47 bits per heavy atom. The van der Waals surface area contributed by atoms with E-state index in [4.69, 9.17) is 0 Å². The molecule has 0 heterocycles. The van der Waals surface area contributed by atoms with E-state index in [0.717, 1.165) is 12.5 Å². The molecule has 0 aromatic heterocycles. The lowest BCUT2D eigenvalue weighted by molar-refractivity contribution is 0.357. The molecule has 15 heavy (non-hydrogen) atoms. The molecular formula is C12H24OSi2. The highest BCUT2D eigenvalue weighted by Gasteiger charge is 2.24. The number of aliphatic hydroxyl groups excluding tert-OH is 1. The highest BCUT2D eigenvalue weighted by Crippen LogP contribution is 2.21. The minimum absolute atomic E-state index is 0.387. The highest BCUT2D eigenvalue weighted by atomic mass is 28.3. The van der Waals surface area contributed by atoms with Crippen LogP contribution in [0, 0.1) is 0 Å². The maximum absolute atomic E-state index is 9.21. The first-order valence-corrected chi connectivity index (χ1v) is 11.3. The molecule has 0 fully saturated rings. The van der Waals surface area contributed by atoms with E-state index >= 15 is 0 Å². The van der Waals surface area contributed by atoms with Gasteiger partial charge in [0, 0.05) is 6.23 Å². The van der Waals surface area contributed by atoms with E-state index in [-0.39, 0.29) is 0 Å². The molecular weight excluding hydrogens is 216 g/mol. The second-order valence-corrected chi connectivity index (χ2v) is 14.0. The number of aliphatic hydroxyl groups is 1. The molecule has 0 saturated carbocycles. The van der Waals surface area contributed by atoms with E-state index < -0.39 is 16.1 Å². The fraction of sp³-hybridized carbons (Fsp3) is 0.500. The fourth-order valence-corrected chi connectivity index (χ4v) is 5.06. The van der Waals surface area contributed by atoms with Crippen molar-refractivity contribution in [2.75, 3.05) is 6.23 Å². The van der Waals surface area contributed by atoms with E-state index in [1.165, 1.54) is 6.04 Å². The minimum atomic E-state index is -1.60. The summed E-state index contributed by atoms with van der Waals surface area (Å²) in [7, 11) is -2.94. The quantitative estimate of drug-likeness (QED) is 0.646. The Hall–Kier alpha value is -0.386. The summed E-state index contributed by atoms with van der Waals surface area (Å²) < 4.78 is 0. The van der Waals surface area contributed by atoms with Crippen LogP contribution in [-0.4, -0.2) is 27.5 Å². The van der Waals surface area contributed by atoms with Gasteiger partial charge < -0.3 is 5.11 Å². The zero-order valence-corrected chi connectivity index (χ0v) is 12.1. The van der Waals surface area contributed by atoms with Gasteiger partial charge in [0.2, 0.25) is 0 Å². The standard InChI is InChI=1S/C12H24OSi2/c1-6-15(7-2,8-3)11-9-10-14(4,5)12-13/h6-8,13H,1-3,9-12H2,4-5H3. The first-order valence-electron chi connectivity index (χ1n) is 5.47. The van der Waals surface area contributed by atoms with Crippen LogP contribution < -0.4 is 0 Å². The molecule has 1 nitrogen and oxygen atoms in total. The molecule has 0 saturated heterocycles. The second kappa shape index (κ2) is 6.25. The Bertz CT molecular complexity index is 212. The Morgan fingerprint density at radius 1 is 1.00 bits per heavy atom. The molecule has 0 bridgehead atoms. The molecule has 0 aromatic rings. The summed E-state index contributed by atoms with van der Waals surface area (Å²) >= 11 is 0. The summed E-state index contributed by atoms with van der Waals surface area (Å²) in [5.41, 5.74) is 6.13. The van der Waals surface area contributed by atoms with Crippen molar-refractivity contribution in [1.29, 1.82) is 0 Å². The predicted octanol–water partition coefficient (Wildman–Crippen LogP) is 3.24. The average Bonchev–Trinajstić information content (AvgIpc) is 2.25. The lowest BCUT2D eigenvalue weighted by Crippen LogP contribution is -2.32. The monoisotopic (exact) mass is 240 g/mol. The van der Waals surface area contributed by atoms with E-state index in [9.17, 15) is 5.11 Å². The Kier molecular flexibility index (Phi) is 6.09. The largest absolute Gasteiger partial charge is 0.400 e. The summed E-state index contributed by atoms with van der Waals surface area (Å²) in [6, 6.07) is 2.31. The third-order valence-corrected chi connectivity index (χ3v) is 9.09. The number of hydrogen-bond donors (Lipinski definition) is 1. The van der Waals surface area contributed by atoms with Gasteiger partial charge in [0.25, 0.3) is 0 Å². The van der Waals surface area contributed by atoms with Crippen molar-refractivity contribution in [3.63, 3.8) is 0 Å². The first-order chi connectivity index (χ1) is 6.95. The van der Waals surface area contributed by atoms with Gasteiger partial charge in [-0.2, -0.15) is 0 Å². The van der Waals surface area contributed by atoms with Crippen molar-refractivity contribution in [1.82, 2.24) is 0 Å². The van der Waals surface area contributed by atoms with Gasteiger partial charge in [0.15, 0.2) is 0 Å². The van der Waals surface area contributed by atoms with Crippen LogP contribution in [0.25, 0.3) is 0 Å². The molecule has 0 spiro atoms. The molecule has 0 radical (unpaired) electrons. The summed E-state index contributed by atoms with van der Waals surface area (Å²) in [4.78, 5) is 0. The Balaban J connectivity index is 4.19. The topological polar surface area (TPSA) is 20.2 Å². The smallest absolute Gasteiger partial charge is 0.124 e. The third kappa shape index (κ3) is 4.77. The molecule has 1 N–H and O–H groups in total. The van der Waals surface area contributed by atoms with Crippen molar-refractivity contribution in [3.8, 4) is 0 Å². The lowest BCUT2D eigenvalue weighted by atomic mass is 10.6. The van der Waals surface area contributed by atoms with Gasteiger partial charge in [-0.15, -0.1) is 19.7 Å². The van der Waals surface area contributed by atoms with Crippen molar-refractivity contribution < 1.29 is 5.11 Å². The maximum Gasteiger partial charge on any atom is 0.124 e. The van der Waals surface area contributed by atoms with Gasteiger partial charge >= 0.3 is 0 Å². The zero-order chi connectivity index (χ0) is 11.9. The lowest BCUT2D eigenvalue weighted by Gasteiger charge is -2.23. The van der Waals surface area contributed by atoms with Crippen LogP contribution in [0.2, 0.25) is 25.2 Å². The second-order valence-electron chi connectivity index (χ2n) is 4.90. The molecule has 0 aliphatic carbocycles. The molecule has 0 unspecified atom stereocenters. The Labute approximate surface area is 96.2 Å². The molecule has 0 amide bonds. The Morgan fingerprint density at radius 3 is 1.80 bits per heavy atom. The van der Waals surface area contributed by atoms with Crippen LogP contribution in [0.15, 0.2) is 36.8 Å². The molecule has 0 rings (SSSR count). The highest BCUT2D eigenvalue weighted by molar-refractivity contribution is 6.93. The van der Waals surface area contributed by atoms with Gasteiger partial charge in [-0.25, -0.2) is 0 Å². The summed E-state index contributed by atoms with van der Waals surface area (Å²) in [5, 5.41) is 9.21. The molecule has 3 heteroatoms. The molecule has 86 valence electrons. The van der Waals surface area contributed by atoms with E-state index in [1.54, 1.807) is 0 Å². The number of hydrogen-bond acceptors (Lipinski definition) is 1. The average molecular weight is 240 g/mol. The van der Waals surface area contributed by atoms with Crippen molar-refractivity contribution >= 4 is 16.1 Å². The van der Waals surface area contributed by atoms with Crippen LogP contribution in [0.1, 0.15) is 6.42 Å².